The Labute approximate surface area is 39.9 Å². The SMILES string of the molecule is [2H]C([2H])([2H])[15NH+](C([2H])([2H])[2H])C([2H])([2H])[2H]. The van der Waals surface area contributed by atoms with E-state index in [4.69, 9.17) is 12.3 Å². The van der Waals surface area contributed by atoms with Crippen molar-refractivity contribution in [3.63, 3.8) is 0 Å². The molecule has 0 saturated heterocycles. The third kappa shape index (κ3) is 1130. The second-order valence-corrected chi connectivity index (χ2v) is 0.375. The summed E-state index contributed by atoms with van der Waals surface area (Å²) in [5, 5.41) is 0. The molecular formula is C3H10N+. The molecule has 1 nitrogen and oxygen atoms in total. The van der Waals surface area contributed by atoms with E-state index in [1.807, 2.05) is 0 Å². The molecule has 0 fully saturated rings. The number of quaternary nitrogens is 1. The zero-order chi connectivity index (χ0) is 11.1. The van der Waals surface area contributed by atoms with Crippen LogP contribution in [0.25, 0.3) is 0 Å². The molecule has 0 amide bonds. The summed E-state index contributed by atoms with van der Waals surface area (Å²) in [6, 6.07) is 0. The lowest BCUT2D eigenvalue weighted by Crippen LogP contribution is -3.02. The lowest BCUT2D eigenvalue weighted by atomic mass is 11.2. The van der Waals surface area contributed by atoms with Crippen molar-refractivity contribution in [3.8, 4) is 0 Å². The number of hydrogen-bond acceptors (Lipinski definition) is 0. The average Bonchev–Trinajstić information content (AvgIpc) is 1.44. The maximum absolute atomic E-state index is 6.78. The van der Waals surface area contributed by atoms with E-state index >= 15 is 0 Å². The first-order valence-corrected chi connectivity index (χ1v) is 0.750. The van der Waals surface area contributed by atoms with Crippen molar-refractivity contribution in [3.05, 3.63) is 0 Å². The summed E-state index contributed by atoms with van der Waals surface area (Å²) in [4.78, 5) is -1.35. The molecule has 0 rings (SSSR count). The van der Waals surface area contributed by atoms with Gasteiger partial charge in [-0.2, -0.15) is 0 Å². The van der Waals surface area contributed by atoms with Crippen LogP contribution in [0.3, 0.4) is 0 Å². The molecule has 0 bridgehead atoms. The normalized spacial score (nSPS) is 51.8. The van der Waals surface area contributed by atoms with Gasteiger partial charge in [0.25, 0.3) is 0 Å². The molecule has 26 valence electrons. The van der Waals surface area contributed by atoms with Crippen LogP contribution in [-0.2, 0) is 0 Å². The molecule has 1 N–H and O–H groups in total. The first-order chi connectivity index (χ1) is 5.37. The summed E-state index contributed by atoms with van der Waals surface area (Å²) >= 11 is 0. The predicted octanol–water partition coefficient (Wildman–Crippen LogP) is -1.24. The van der Waals surface area contributed by atoms with Gasteiger partial charge in [0, 0.05) is 0 Å². The Balaban J connectivity index is 5.02. The van der Waals surface area contributed by atoms with Gasteiger partial charge >= 0.3 is 0 Å². The van der Waals surface area contributed by atoms with Crippen LogP contribution in [0.1, 0.15) is 12.3 Å². The predicted molar refractivity (Wildman–Crippen MR) is 18.7 cm³/mol. The van der Waals surface area contributed by atoms with Gasteiger partial charge in [0.05, 0.1) is 33.3 Å². The lowest BCUT2D eigenvalue weighted by Gasteiger charge is -1.88. The maximum atomic E-state index is 6.78. The highest BCUT2D eigenvalue weighted by Gasteiger charge is 1.61. The van der Waals surface area contributed by atoms with E-state index in [0.717, 1.165) is 0 Å². The molecule has 0 spiro atoms. The fraction of sp³-hybridized carbons (Fsp3) is 1.00. The second-order valence-electron chi connectivity index (χ2n) is 0.375. The van der Waals surface area contributed by atoms with Gasteiger partial charge in [-0.05, 0) is 0 Å². The van der Waals surface area contributed by atoms with Crippen LogP contribution in [-0.4, -0.2) is 20.9 Å². The van der Waals surface area contributed by atoms with Crippen LogP contribution in [0.15, 0.2) is 0 Å². The van der Waals surface area contributed by atoms with Crippen molar-refractivity contribution in [1.82, 2.24) is 0 Å². The van der Waals surface area contributed by atoms with Crippen molar-refractivity contribution >= 4 is 0 Å². The van der Waals surface area contributed by atoms with Gasteiger partial charge in [0.1, 0.15) is 0 Å². The smallest absolute Gasteiger partial charge is 0.0886 e. The summed E-state index contributed by atoms with van der Waals surface area (Å²) in [7, 11) is 0. The Kier molecular flexibility index (Phi) is 0.0787. The van der Waals surface area contributed by atoms with Crippen molar-refractivity contribution in [2.75, 3.05) is 20.9 Å². The molecule has 0 aromatic rings. The highest BCUT2D eigenvalue weighted by molar-refractivity contribution is 3.59. The minimum absolute atomic E-state index is 1.35. The fourth-order valence-electron chi connectivity index (χ4n) is 0. The topological polar surface area (TPSA) is 4.44 Å². The summed E-state index contributed by atoms with van der Waals surface area (Å²) in [5.41, 5.74) is 0. The largest absolute Gasteiger partial charge is 0.342 e. The van der Waals surface area contributed by atoms with Crippen molar-refractivity contribution in [2.45, 2.75) is 0 Å². The Hall–Kier alpha value is -0.0400. The minimum atomic E-state index is -3.07. The van der Waals surface area contributed by atoms with E-state index in [0.29, 0.717) is 0 Å². The van der Waals surface area contributed by atoms with Crippen molar-refractivity contribution in [2.24, 2.45) is 0 Å². The van der Waals surface area contributed by atoms with Gasteiger partial charge in [-0.3, -0.25) is 0 Å². The molecule has 0 saturated carbocycles. The second kappa shape index (κ2) is 1.30. The Morgan fingerprint density at radius 3 is 2.00 bits per heavy atom. The van der Waals surface area contributed by atoms with Crippen LogP contribution >= 0.6 is 0 Å². The van der Waals surface area contributed by atoms with Gasteiger partial charge in [-0.25, -0.2) is 0 Å². The number of nitrogens with one attached hydrogen (secondary N) is 1. The minimum Gasteiger partial charge on any atom is -0.342 e. The summed E-state index contributed by atoms with van der Waals surface area (Å²) in [6.07, 6.45) is 0. The van der Waals surface area contributed by atoms with E-state index in [1.165, 1.54) is 0 Å². The van der Waals surface area contributed by atoms with Gasteiger partial charge in [-0.15, -0.1) is 0 Å². The Morgan fingerprint density at radius 2 is 2.00 bits per heavy atom. The molecule has 0 aliphatic rings. The van der Waals surface area contributed by atoms with Gasteiger partial charge < -0.3 is 4.90 Å². The van der Waals surface area contributed by atoms with Crippen LogP contribution in [0, 0.1) is 0 Å². The van der Waals surface area contributed by atoms with Crippen LogP contribution in [0.5, 0.6) is 0 Å². The monoisotopic (exact) mass is 70.1 g/mol. The molecule has 0 atom stereocenters. The standard InChI is InChI=1S/C3H9N/c1-4(2)3/h1-3H3/p+1/i1D3,2D3,3D3,4+1. The molecule has 0 radical (unpaired) electrons. The summed E-state index contributed by atoms with van der Waals surface area (Å²) in [6.45, 7) is -9.22. The summed E-state index contributed by atoms with van der Waals surface area (Å²) < 4.78 is 61.0. The van der Waals surface area contributed by atoms with E-state index in [1.54, 1.807) is 0 Å². The molecule has 4 heavy (non-hydrogen) atoms. The number of hydrogen-bond donors (Lipinski definition) is 1. The van der Waals surface area contributed by atoms with E-state index in [9.17, 15) is 0 Å². The Bertz CT molecular complexity index is 137. The molecule has 0 aliphatic heterocycles. The van der Waals surface area contributed by atoms with Gasteiger partial charge in [0.15, 0.2) is 0 Å². The maximum Gasteiger partial charge on any atom is 0.0886 e. The average molecular weight is 70.2 g/mol. The third-order valence-corrected chi connectivity index (χ3v) is 0. The quantitative estimate of drug-likeness (QED) is 0.340. The molecule has 0 unspecified atom stereocenters. The third-order valence-electron chi connectivity index (χ3n) is 0. The van der Waals surface area contributed by atoms with E-state index in [-0.39, 0.29) is 0 Å². The van der Waals surface area contributed by atoms with E-state index < -0.39 is 25.8 Å². The molecule has 0 aromatic carbocycles. The molecule has 0 aliphatic carbocycles. The van der Waals surface area contributed by atoms with Crippen LogP contribution in [0.4, 0.5) is 0 Å². The van der Waals surface area contributed by atoms with Crippen LogP contribution in [0.2, 0.25) is 0 Å². The molecule has 0 heterocycles. The first kappa shape index (κ1) is 0.243. The highest BCUT2D eigenvalue weighted by atomic mass is 15.8. The molecule has 0 aromatic heterocycles. The van der Waals surface area contributed by atoms with Crippen molar-refractivity contribution < 1.29 is 17.2 Å². The zero-order valence-electron chi connectivity index (χ0n) is 11.0. The number of rotatable bonds is 0. The van der Waals surface area contributed by atoms with Crippen LogP contribution < -0.4 is 4.90 Å². The first-order valence-electron chi connectivity index (χ1n) is 5.25. The Morgan fingerprint density at radius 1 is 1.50 bits per heavy atom. The van der Waals surface area contributed by atoms with Gasteiger partial charge in [-0.1, -0.05) is 0 Å². The van der Waals surface area contributed by atoms with Gasteiger partial charge in [0.2, 0.25) is 0 Å². The molecule has 1 heteroatoms. The van der Waals surface area contributed by atoms with Crippen molar-refractivity contribution in [1.29, 1.82) is 0 Å². The fourth-order valence-corrected chi connectivity index (χ4v) is 0. The molecular weight excluding hydrogens is 51.0 g/mol. The lowest BCUT2D eigenvalue weighted by molar-refractivity contribution is -0.836. The highest BCUT2D eigenvalue weighted by Crippen LogP contribution is 0.864. The summed E-state index contributed by atoms with van der Waals surface area (Å²) in [5.74, 6) is 0. The zero-order valence-corrected chi connectivity index (χ0v) is 2.00. The van der Waals surface area contributed by atoms with E-state index in [2.05, 4.69) is 0 Å².